The van der Waals surface area contributed by atoms with E-state index in [9.17, 15) is 0 Å². The van der Waals surface area contributed by atoms with Crippen LogP contribution in [0.3, 0.4) is 0 Å². The third kappa shape index (κ3) is 3.91. The molecule has 0 spiro atoms. The van der Waals surface area contributed by atoms with E-state index >= 15 is 4.39 Å². The molecule has 10 nitrogen and oxygen atoms in total. The third-order valence-electron chi connectivity index (χ3n) is 7.05. The van der Waals surface area contributed by atoms with Crippen LogP contribution in [0.2, 0.25) is 0 Å². The number of imidazole rings is 2. The standard InChI is InChI=1S/C27H25FN10/c1-16-13-38(15-32-16)20-5-6-30-26-24(20)33-27(34-26)25-21-19(35-36-25)12-31-23(22(21)28)18-9-17(10-29-11-18)14-37-7-3-2-4-8-37/h5-6,9-13,15H,2-4,7-8,14H2,1H3,(H,35,36)(H,30,33,34). The lowest BCUT2D eigenvalue weighted by Gasteiger charge is -2.26. The molecule has 6 aromatic rings. The Kier molecular flexibility index (Phi) is 5.43. The van der Waals surface area contributed by atoms with E-state index in [2.05, 4.69) is 40.0 Å². The van der Waals surface area contributed by atoms with Crippen LogP contribution in [0.25, 0.3) is 50.5 Å². The number of rotatable bonds is 5. The fourth-order valence-electron chi connectivity index (χ4n) is 5.20. The van der Waals surface area contributed by atoms with Gasteiger partial charge in [-0.2, -0.15) is 5.10 Å². The number of hydrogen-bond donors (Lipinski definition) is 2. The molecular weight excluding hydrogens is 483 g/mol. The summed E-state index contributed by atoms with van der Waals surface area (Å²) in [5, 5.41) is 7.60. The lowest BCUT2D eigenvalue weighted by molar-refractivity contribution is 0.220. The van der Waals surface area contributed by atoms with Gasteiger partial charge in [-0.1, -0.05) is 6.42 Å². The van der Waals surface area contributed by atoms with Gasteiger partial charge in [0.25, 0.3) is 0 Å². The van der Waals surface area contributed by atoms with Gasteiger partial charge in [-0.25, -0.2) is 19.3 Å². The zero-order valence-corrected chi connectivity index (χ0v) is 20.8. The molecule has 11 heteroatoms. The summed E-state index contributed by atoms with van der Waals surface area (Å²) in [4.78, 5) is 27.9. The van der Waals surface area contributed by atoms with Gasteiger partial charge in [0.05, 0.1) is 34.8 Å². The van der Waals surface area contributed by atoms with Crippen LogP contribution in [0, 0.1) is 12.7 Å². The molecule has 7 rings (SSSR count). The van der Waals surface area contributed by atoms with Gasteiger partial charge in [-0.15, -0.1) is 0 Å². The van der Waals surface area contributed by atoms with Crippen molar-refractivity contribution in [2.45, 2.75) is 32.7 Å². The number of piperidine rings is 1. The summed E-state index contributed by atoms with van der Waals surface area (Å²) in [7, 11) is 0. The van der Waals surface area contributed by atoms with Crippen molar-refractivity contribution in [1.29, 1.82) is 0 Å². The Bertz CT molecular complexity index is 1780. The molecule has 0 amide bonds. The van der Waals surface area contributed by atoms with Crippen molar-refractivity contribution < 1.29 is 4.39 Å². The molecule has 6 aromatic heterocycles. The maximum Gasteiger partial charge on any atom is 0.161 e. The van der Waals surface area contributed by atoms with Gasteiger partial charge in [0, 0.05) is 36.9 Å². The van der Waals surface area contributed by atoms with Gasteiger partial charge >= 0.3 is 0 Å². The average Bonchev–Trinajstić information content (AvgIpc) is 3.67. The first kappa shape index (κ1) is 22.7. The maximum absolute atomic E-state index is 16.1. The van der Waals surface area contributed by atoms with E-state index in [1.807, 2.05) is 36.0 Å². The highest BCUT2D eigenvalue weighted by molar-refractivity contribution is 5.95. The molecule has 1 aliphatic rings. The largest absolute Gasteiger partial charge is 0.321 e. The van der Waals surface area contributed by atoms with Crippen LogP contribution in [0.1, 0.15) is 30.5 Å². The second-order valence-corrected chi connectivity index (χ2v) is 9.74. The van der Waals surface area contributed by atoms with E-state index in [0.29, 0.717) is 39.1 Å². The fourth-order valence-corrected chi connectivity index (χ4v) is 5.20. The number of pyridine rings is 3. The smallest absolute Gasteiger partial charge is 0.161 e. The lowest BCUT2D eigenvalue weighted by Crippen LogP contribution is -2.29. The predicted molar refractivity (Wildman–Crippen MR) is 141 cm³/mol. The molecule has 7 heterocycles. The zero-order valence-electron chi connectivity index (χ0n) is 20.8. The summed E-state index contributed by atoms with van der Waals surface area (Å²) in [6.45, 7) is 4.88. The summed E-state index contributed by atoms with van der Waals surface area (Å²) in [5.41, 5.74) is 5.68. The van der Waals surface area contributed by atoms with E-state index in [0.717, 1.165) is 36.6 Å². The Labute approximate surface area is 217 Å². The van der Waals surface area contributed by atoms with Gasteiger partial charge < -0.3 is 9.55 Å². The highest BCUT2D eigenvalue weighted by Gasteiger charge is 2.22. The Hall–Kier alpha value is -4.51. The Balaban J connectivity index is 1.29. The van der Waals surface area contributed by atoms with E-state index in [1.165, 1.54) is 19.3 Å². The van der Waals surface area contributed by atoms with Crippen molar-refractivity contribution in [1.82, 2.24) is 49.6 Å². The number of aromatic nitrogens is 9. The number of aryl methyl sites for hydroxylation is 1. The highest BCUT2D eigenvalue weighted by atomic mass is 19.1. The molecular formula is C27H25FN10. The summed E-state index contributed by atoms with van der Waals surface area (Å²) >= 11 is 0. The molecule has 0 atom stereocenters. The fraction of sp³-hybridized carbons (Fsp3) is 0.259. The number of fused-ring (bicyclic) bond motifs is 2. The van der Waals surface area contributed by atoms with Crippen molar-refractivity contribution >= 4 is 22.1 Å². The molecule has 0 bridgehead atoms. The van der Waals surface area contributed by atoms with Crippen LogP contribution in [0.4, 0.5) is 4.39 Å². The van der Waals surface area contributed by atoms with Crippen molar-refractivity contribution in [3.05, 3.63) is 66.5 Å². The SMILES string of the molecule is Cc1cn(-c2ccnc3[nH]c(-c4n[nH]c5cnc(-c6cncc(CN7CCCCC7)c6)c(F)c45)nc23)cn1. The summed E-state index contributed by atoms with van der Waals surface area (Å²) in [5.74, 6) is -0.0573. The minimum Gasteiger partial charge on any atom is -0.321 e. The van der Waals surface area contributed by atoms with Gasteiger partial charge in [0.15, 0.2) is 17.3 Å². The summed E-state index contributed by atoms with van der Waals surface area (Å²) in [6, 6.07) is 3.84. The first-order valence-corrected chi connectivity index (χ1v) is 12.7. The Morgan fingerprint density at radius 1 is 1.03 bits per heavy atom. The molecule has 1 saturated heterocycles. The molecule has 1 aliphatic heterocycles. The monoisotopic (exact) mass is 508 g/mol. The highest BCUT2D eigenvalue weighted by Crippen LogP contribution is 2.33. The van der Waals surface area contributed by atoms with E-state index in [1.54, 1.807) is 24.9 Å². The van der Waals surface area contributed by atoms with Gasteiger partial charge in [-0.3, -0.25) is 20.0 Å². The number of halogens is 1. The van der Waals surface area contributed by atoms with Crippen molar-refractivity contribution in [2.24, 2.45) is 0 Å². The molecule has 190 valence electrons. The van der Waals surface area contributed by atoms with Gasteiger partial charge in [0.1, 0.15) is 16.9 Å². The predicted octanol–water partition coefficient (Wildman–Crippen LogP) is 4.58. The molecule has 38 heavy (non-hydrogen) atoms. The summed E-state index contributed by atoms with van der Waals surface area (Å²) < 4.78 is 18.0. The van der Waals surface area contributed by atoms with E-state index < -0.39 is 5.82 Å². The number of likely N-dealkylation sites (tertiary alicyclic amines) is 1. The molecule has 0 unspecified atom stereocenters. The minimum atomic E-state index is -0.470. The second kappa shape index (κ2) is 9.10. The van der Waals surface area contributed by atoms with Crippen LogP contribution in [0.5, 0.6) is 0 Å². The van der Waals surface area contributed by atoms with Crippen LogP contribution >= 0.6 is 0 Å². The van der Waals surface area contributed by atoms with Crippen LogP contribution in [0.15, 0.2) is 49.4 Å². The van der Waals surface area contributed by atoms with Crippen molar-refractivity contribution in [2.75, 3.05) is 13.1 Å². The number of H-pyrrole nitrogens is 2. The van der Waals surface area contributed by atoms with Crippen LogP contribution in [-0.2, 0) is 6.54 Å². The lowest BCUT2D eigenvalue weighted by atomic mass is 10.1. The normalized spacial score (nSPS) is 14.6. The van der Waals surface area contributed by atoms with Crippen molar-refractivity contribution in [3.8, 4) is 28.5 Å². The third-order valence-corrected chi connectivity index (χ3v) is 7.05. The number of hydrogen-bond acceptors (Lipinski definition) is 7. The molecule has 0 aliphatic carbocycles. The topological polar surface area (TPSA) is 117 Å². The molecule has 2 N–H and O–H groups in total. The molecule has 0 saturated carbocycles. The van der Waals surface area contributed by atoms with Crippen molar-refractivity contribution in [3.63, 3.8) is 0 Å². The molecule has 0 radical (unpaired) electrons. The first-order chi connectivity index (χ1) is 18.6. The number of aromatic amines is 2. The maximum atomic E-state index is 16.1. The first-order valence-electron chi connectivity index (χ1n) is 12.7. The average molecular weight is 509 g/mol. The van der Waals surface area contributed by atoms with Crippen LogP contribution in [-0.4, -0.2) is 62.7 Å². The molecule has 0 aromatic carbocycles. The zero-order chi connectivity index (χ0) is 25.6. The van der Waals surface area contributed by atoms with Gasteiger partial charge in [-0.05, 0) is 50.6 Å². The minimum absolute atomic E-state index is 0.233. The Morgan fingerprint density at radius 3 is 2.76 bits per heavy atom. The second-order valence-electron chi connectivity index (χ2n) is 9.74. The number of nitrogens with one attached hydrogen (secondary N) is 2. The molecule has 1 fully saturated rings. The van der Waals surface area contributed by atoms with E-state index in [-0.39, 0.29) is 5.69 Å². The van der Waals surface area contributed by atoms with E-state index in [4.69, 9.17) is 4.98 Å². The Morgan fingerprint density at radius 2 is 1.92 bits per heavy atom. The van der Waals surface area contributed by atoms with Gasteiger partial charge in [0.2, 0.25) is 0 Å². The summed E-state index contributed by atoms with van der Waals surface area (Å²) in [6.07, 6.45) is 14.1. The quantitative estimate of drug-likeness (QED) is 0.350. The van der Waals surface area contributed by atoms with Crippen LogP contribution < -0.4 is 0 Å². The number of nitrogens with zero attached hydrogens (tertiary/aromatic N) is 8.